The van der Waals surface area contributed by atoms with Crippen molar-refractivity contribution in [3.05, 3.63) is 29.6 Å². The quantitative estimate of drug-likeness (QED) is 0.907. The molecule has 20 heavy (non-hydrogen) atoms. The van der Waals surface area contributed by atoms with Crippen LogP contribution in [0.5, 0.6) is 0 Å². The zero-order valence-corrected chi connectivity index (χ0v) is 13.5. The van der Waals surface area contributed by atoms with Crippen molar-refractivity contribution in [2.24, 2.45) is 5.41 Å². The third-order valence-corrected chi connectivity index (χ3v) is 4.58. The van der Waals surface area contributed by atoms with E-state index in [-0.39, 0.29) is 10.3 Å². The molecule has 0 aromatic heterocycles. The van der Waals surface area contributed by atoms with E-state index in [0.29, 0.717) is 13.1 Å². The molecule has 0 saturated carbocycles. The van der Waals surface area contributed by atoms with Gasteiger partial charge in [-0.05, 0) is 30.2 Å². The highest BCUT2D eigenvalue weighted by molar-refractivity contribution is 7.89. The van der Waals surface area contributed by atoms with E-state index in [0.717, 1.165) is 5.56 Å². The monoisotopic (exact) mass is 302 g/mol. The second-order valence-electron chi connectivity index (χ2n) is 6.12. The summed E-state index contributed by atoms with van der Waals surface area (Å²) in [5.74, 6) is -0.717. The van der Waals surface area contributed by atoms with Gasteiger partial charge in [-0.2, -0.15) is 0 Å². The maximum Gasteiger partial charge on any atom is 0.245 e. The molecule has 0 spiro atoms. The standard InChI is InChI=1S/C14H23FN2O2S/c1-14(2,3)10-17(5)20(18,19)13-8-11(9-16-4)6-7-12(13)15/h6-8,16H,9-10H2,1-5H3. The predicted molar refractivity (Wildman–Crippen MR) is 78.4 cm³/mol. The number of sulfonamides is 1. The fourth-order valence-electron chi connectivity index (χ4n) is 1.98. The fourth-order valence-corrected chi connectivity index (χ4v) is 3.49. The summed E-state index contributed by atoms with van der Waals surface area (Å²) in [6, 6.07) is 4.17. The number of nitrogens with zero attached hydrogens (tertiary/aromatic N) is 1. The second-order valence-corrected chi connectivity index (χ2v) is 8.13. The molecule has 0 radical (unpaired) electrons. The van der Waals surface area contributed by atoms with E-state index in [1.165, 1.54) is 23.5 Å². The highest BCUT2D eigenvalue weighted by Gasteiger charge is 2.28. The molecule has 0 unspecified atom stereocenters. The van der Waals surface area contributed by atoms with Crippen LogP contribution in [0, 0.1) is 11.2 Å². The highest BCUT2D eigenvalue weighted by Crippen LogP contribution is 2.23. The van der Waals surface area contributed by atoms with Crippen LogP contribution < -0.4 is 5.32 Å². The van der Waals surface area contributed by atoms with Crippen LogP contribution in [-0.4, -0.2) is 33.4 Å². The van der Waals surface area contributed by atoms with Gasteiger partial charge in [0.05, 0.1) is 0 Å². The van der Waals surface area contributed by atoms with E-state index in [1.807, 2.05) is 20.8 Å². The lowest BCUT2D eigenvalue weighted by Gasteiger charge is -2.26. The topological polar surface area (TPSA) is 49.4 Å². The van der Waals surface area contributed by atoms with Crippen LogP contribution >= 0.6 is 0 Å². The van der Waals surface area contributed by atoms with Gasteiger partial charge in [0.15, 0.2) is 0 Å². The Bertz CT molecular complexity index is 565. The molecule has 1 rings (SSSR count). The number of nitrogens with one attached hydrogen (secondary N) is 1. The van der Waals surface area contributed by atoms with Crippen molar-refractivity contribution in [2.45, 2.75) is 32.2 Å². The Morgan fingerprint density at radius 2 is 1.90 bits per heavy atom. The van der Waals surface area contributed by atoms with Gasteiger partial charge >= 0.3 is 0 Å². The normalized spacial score (nSPS) is 12.9. The first-order valence-corrected chi connectivity index (χ1v) is 7.91. The van der Waals surface area contributed by atoms with Crippen LogP contribution in [0.15, 0.2) is 23.1 Å². The van der Waals surface area contributed by atoms with Crippen molar-refractivity contribution in [1.29, 1.82) is 0 Å². The lowest BCUT2D eigenvalue weighted by atomic mass is 9.97. The van der Waals surface area contributed by atoms with Crippen LogP contribution in [-0.2, 0) is 16.6 Å². The number of benzene rings is 1. The highest BCUT2D eigenvalue weighted by atomic mass is 32.2. The van der Waals surface area contributed by atoms with Gasteiger partial charge in [-0.15, -0.1) is 0 Å². The van der Waals surface area contributed by atoms with Crippen molar-refractivity contribution in [2.75, 3.05) is 20.6 Å². The Kier molecular flexibility index (Phi) is 5.29. The van der Waals surface area contributed by atoms with E-state index in [4.69, 9.17) is 0 Å². The third-order valence-electron chi connectivity index (χ3n) is 2.76. The summed E-state index contributed by atoms with van der Waals surface area (Å²) >= 11 is 0. The molecule has 0 saturated heterocycles. The summed E-state index contributed by atoms with van der Waals surface area (Å²) in [6.07, 6.45) is 0. The summed E-state index contributed by atoms with van der Waals surface area (Å²) in [4.78, 5) is -0.267. The second kappa shape index (κ2) is 6.20. The van der Waals surface area contributed by atoms with Crippen molar-refractivity contribution in [3.8, 4) is 0 Å². The Morgan fingerprint density at radius 1 is 1.30 bits per heavy atom. The minimum atomic E-state index is -3.81. The van der Waals surface area contributed by atoms with Crippen LogP contribution in [0.2, 0.25) is 0 Å². The molecular weight excluding hydrogens is 279 g/mol. The van der Waals surface area contributed by atoms with Gasteiger partial charge in [-0.1, -0.05) is 26.8 Å². The zero-order chi connectivity index (χ0) is 15.6. The van der Waals surface area contributed by atoms with E-state index < -0.39 is 15.8 Å². The molecule has 0 amide bonds. The van der Waals surface area contributed by atoms with Crippen LogP contribution in [0.4, 0.5) is 4.39 Å². The van der Waals surface area contributed by atoms with Crippen LogP contribution in [0.3, 0.4) is 0 Å². The van der Waals surface area contributed by atoms with Gasteiger partial charge in [-0.25, -0.2) is 17.1 Å². The van der Waals surface area contributed by atoms with Crippen molar-refractivity contribution in [3.63, 3.8) is 0 Å². The predicted octanol–water partition coefficient (Wildman–Crippen LogP) is 2.21. The first kappa shape index (κ1) is 17.1. The minimum absolute atomic E-state index is 0.194. The van der Waals surface area contributed by atoms with E-state index in [2.05, 4.69) is 5.32 Å². The molecule has 1 aromatic rings. The largest absolute Gasteiger partial charge is 0.316 e. The van der Waals surface area contributed by atoms with Crippen LogP contribution in [0.1, 0.15) is 26.3 Å². The van der Waals surface area contributed by atoms with Gasteiger partial charge in [0.1, 0.15) is 10.7 Å². The molecule has 4 nitrogen and oxygen atoms in total. The molecule has 0 fully saturated rings. The SMILES string of the molecule is CNCc1ccc(F)c(S(=O)(=O)N(C)CC(C)(C)C)c1. The van der Waals surface area contributed by atoms with Gasteiger partial charge in [0, 0.05) is 20.1 Å². The van der Waals surface area contributed by atoms with Crippen LogP contribution in [0.25, 0.3) is 0 Å². The average Bonchev–Trinajstić information content (AvgIpc) is 2.29. The first-order chi connectivity index (χ1) is 9.08. The minimum Gasteiger partial charge on any atom is -0.316 e. The number of rotatable bonds is 5. The van der Waals surface area contributed by atoms with Gasteiger partial charge in [0.25, 0.3) is 0 Å². The van der Waals surface area contributed by atoms with Crippen molar-refractivity contribution >= 4 is 10.0 Å². The number of halogens is 1. The molecule has 6 heteroatoms. The maximum atomic E-state index is 13.9. The number of hydrogen-bond donors (Lipinski definition) is 1. The van der Waals surface area contributed by atoms with Gasteiger partial charge in [0.2, 0.25) is 10.0 Å². The fraction of sp³-hybridized carbons (Fsp3) is 0.571. The summed E-state index contributed by atoms with van der Waals surface area (Å²) in [5.41, 5.74) is 0.539. The molecular formula is C14H23FN2O2S. The van der Waals surface area contributed by atoms with E-state index >= 15 is 0 Å². The number of hydrogen-bond acceptors (Lipinski definition) is 3. The lowest BCUT2D eigenvalue weighted by molar-refractivity contribution is 0.310. The summed E-state index contributed by atoms with van der Waals surface area (Å²) < 4.78 is 40.0. The molecule has 114 valence electrons. The Labute approximate surface area is 121 Å². The summed E-state index contributed by atoms with van der Waals surface area (Å²) in [6.45, 7) is 6.63. The molecule has 1 N–H and O–H groups in total. The van der Waals surface area contributed by atoms with Crippen molar-refractivity contribution in [1.82, 2.24) is 9.62 Å². The smallest absolute Gasteiger partial charge is 0.245 e. The Morgan fingerprint density at radius 3 is 2.40 bits per heavy atom. The summed E-state index contributed by atoms with van der Waals surface area (Å²) in [5, 5.41) is 2.92. The van der Waals surface area contributed by atoms with E-state index in [9.17, 15) is 12.8 Å². The van der Waals surface area contributed by atoms with Gasteiger partial charge in [-0.3, -0.25) is 0 Å². The Hall–Kier alpha value is -0.980. The molecule has 0 bridgehead atoms. The molecule has 0 aliphatic rings. The molecule has 0 aliphatic carbocycles. The van der Waals surface area contributed by atoms with Gasteiger partial charge < -0.3 is 5.32 Å². The summed E-state index contributed by atoms with van der Waals surface area (Å²) in [7, 11) is -0.583. The van der Waals surface area contributed by atoms with E-state index in [1.54, 1.807) is 13.1 Å². The van der Waals surface area contributed by atoms with Crippen molar-refractivity contribution < 1.29 is 12.8 Å². The first-order valence-electron chi connectivity index (χ1n) is 6.47. The maximum absolute atomic E-state index is 13.9. The third kappa shape index (κ3) is 4.26. The molecule has 0 aliphatic heterocycles. The molecule has 1 aromatic carbocycles. The zero-order valence-electron chi connectivity index (χ0n) is 12.7. The molecule has 0 heterocycles. The average molecular weight is 302 g/mol. The Balaban J connectivity index is 3.17. The molecule has 0 atom stereocenters. The lowest BCUT2D eigenvalue weighted by Crippen LogP contribution is -2.35.